The predicted octanol–water partition coefficient (Wildman–Crippen LogP) is 1.96. The first-order chi connectivity index (χ1) is 9.11. The molecule has 100 valence electrons. The Labute approximate surface area is 113 Å². The van der Waals surface area contributed by atoms with Crippen molar-refractivity contribution in [1.29, 1.82) is 0 Å². The second-order valence-electron chi connectivity index (χ2n) is 4.50. The molecule has 0 atom stereocenters. The van der Waals surface area contributed by atoms with Crippen LogP contribution >= 0.6 is 0 Å². The molecule has 0 saturated carbocycles. The zero-order valence-corrected chi connectivity index (χ0v) is 11.6. The van der Waals surface area contributed by atoms with E-state index < -0.39 is 0 Å². The van der Waals surface area contributed by atoms with E-state index in [1.54, 1.807) is 6.20 Å². The Hall–Kier alpha value is -2.17. The van der Waals surface area contributed by atoms with Gasteiger partial charge in [-0.2, -0.15) is 0 Å². The van der Waals surface area contributed by atoms with Crippen molar-refractivity contribution in [3.05, 3.63) is 41.5 Å². The topological polar surface area (TPSA) is 67.9 Å². The first-order valence-corrected chi connectivity index (χ1v) is 6.35. The fourth-order valence-electron chi connectivity index (χ4n) is 1.91. The lowest BCUT2D eigenvalue weighted by molar-refractivity contribution is 0.834. The lowest BCUT2D eigenvalue weighted by Crippen LogP contribution is -2.21. The molecule has 0 aliphatic rings. The molecule has 0 bridgehead atoms. The van der Waals surface area contributed by atoms with Crippen LogP contribution in [0.2, 0.25) is 0 Å². The number of aromatic nitrogens is 3. The summed E-state index contributed by atoms with van der Waals surface area (Å²) in [6.45, 7) is 4.66. The Morgan fingerprint density at radius 1 is 1.26 bits per heavy atom. The van der Waals surface area contributed by atoms with Crippen LogP contribution in [0.4, 0.5) is 11.6 Å². The maximum atomic E-state index is 5.93. The van der Waals surface area contributed by atoms with Gasteiger partial charge in [-0.05, 0) is 19.1 Å². The Kier molecular flexibility index (Phi) is 3.94. The molecule has 0 aliphatic heterocycles. The van der Waals surface area contributed by atoms with Crippen molar-refractivity contribution in [2.24, 2.45) is 0 Å². The van der Waals surface area contributed by atoms with Gasteiger partial charge in [-0.1, -0.05) is 13.0 Å². The van der Waals surface area contributed by atoms with Gasteiger partial charge < -0.3 is 10.6 Å². The van der Waals surface area contributed by atoms with Crippen molar-refractivity contribution in [2.45, 2.75) is 26.8 Å². The average molecular weight is 257 g/mol. The van der Waals surface area contributed by atoms with E-state index in [0.717, 1.165) is 29.3 Å². The van der Waals surface area contributed by atoms with Gasteiger partial charge in [0.1, 0.15) is 17.5 Å². The van der Waals surface area contributed by atoms with E-state index in [2.05, 4.69) is 19.9 Å². The standard InChI is InChI=1S/C14H19N5/c1-4-12-17-13(15)10(2)14(18-12)19(3)9-11-7-5-6-8-16-11/h5-8H,4,9H2,1-3H3,(H2,15,17,18). The van der Waals surface area contributed by atoms with E-state index in [1.165, 1.54) is 0 Å². The molecule has 0 radical (unpaired) electrons. The van der Waals surface area contributed by atoms with Gasteiger partial charge in [-0.3, -0.25) is 4.98 Å². The normalized spacial score (nSPS) is 10.5. The fraction of sp³-hybridized carbons (Fsp3) is 0.357. The quantitative estimate of drug-likeness (QED) is 0.906. The van der Waals surface area contributed by atoms with Crippen molar-refractivity contribution in [3.8, 4) is 0 Å². The van der Waals surface area contributed by atoms with Gasteiger partial charge in [0.2, 0.25) is 0 Å². The molecule has 19 heavy (non-hydrogen) atoms. The molecule has 5 heteroatoms. The van der Waals surface area contributed by atoms with E-state index in [-0.39, 0.29) is 0 Å². The number of nitrogens with zero attached hydrogens (tertiary/aromatic N) is 4. The van der Waals surface area contributed by atoms with Crippen LogP contribution in [0.25, 0.3) is 0 Å². The zero-order valence-electron chi connectivity index (χ0n) is 11.6. The Morgan fingerprint density at radius 2 is 2.05 bits per heavy atom. The SMILES string of the molecule is CCc1nc(N)c(C)c(N(C)Cc2ccccn2)n1. The van der Waals surface area contributed by atoms with Crippen LogP contribution in [0.5, 0.6) is 0 Å². The van der Waals surface area contributed by atoms with E-state index in [1.807, 2.05) is 39.1 Å². The van der Waals surface area contributed by atoms with Gasteiger partial charge in [0.25, 0.3) is 0 Å². The molecule has 2 heterocycles. The van der Waals surface area contributed by atoms with Crippen molar-refractivity contribution in [3.63, 3.8) is 0 Å². The highest BCUT2D eigenvalue weighted by Gasteiger charge is 2.12. The Bertz CT molecular complexity index is 553. The van der Waals surface area contributed by atoms with Gasteiger partial charge >= 0.3 is 0 Å². The summed E-state index contributed by atoms with van der Waals surface area (Å²) in [7, 11) is 1.99. The van der Waals surface area contributed by atoms with Crippen LogP contribution in [0.1, 0.15) is 24.0 Å². The number of aryl methyl sites for hydroxylation is 1. The van der Waals surface area contributed by atoms with Crippen molar-refractivity contribution in [1.82, 2.24) is 15.0 Å². The molecule has 0 saturated heterocycles. The highest BCUT2D eigenvalue weighted by atomic mass is 15.2. The molecular weight excluding hydrogens is 238 g/mol. The molecule has 2 aromatic heterocycles. The van der Waals surface area contributed by atoms with Crippen LogP contribution in [0.15, 0.2) is 24.4 Å². The molecule has 0 aromatic carbocycles. The maximum absolute atomic E-state index is 5.93. The van der Waals surface area contributed by atoms with Crippen molar-refractivity contribution < 1.29 is 0 Å². The summed E-state index contributed by atoms with van der Waals surface area (Å²) in [6, 6.07) is 5.89. The van der Waals surface area contributed by atoms with E-state index >= 15 is 0 Å². The van der Waals surface area contributed by atoms with Crippen LogP contribution in [0.3, 0.4) is 0 Å². The highest BCUT2D eigenvalue weighted by molar-refractivity contribution is 5.56. The summed E-state index contributed by atoms with van der Waals surface area (Å²) < 4.78 is 0. The van der Waals surface area contributed by atoms with E-state index in [9.17, 15) is 0 Å². The number of pyridine rings is 1. The number of anilines is 2. The minimum atomic E-state index is 0.551. The third kappa shape index (κ3) is 2.99. The molecule has 0 aliphatic carbocycles. The van der Waals surface area contributed by atoms with Gasteiger partial charge in [-0.15, -0.1) is 0 Å². The summed E-state index contributed by atoms with van der Waals surface area (Å²) >= 11 is 0. The Balaban J connectivity index is 2.28. The van der Waals surface area contributed by atoms with Crippen LogP contribution < -0.4 is 10.6 Å². The fourth-order valence-corrected chi connectivity index (χ4v) is 1.91. The summed E-state index contributed by atoms with van der Waals surface area (Å²) in [4.78, 5) is 15.2. The van der Waals surface area contributed by atoms with Gasteiger partial charge in [0.15, 0.2) is 0 Å². The smallest absolute Gasteiger partial charge is 0.137 e. The molecule has 5 nitrogen and oxygen atoms in total. The number of nitrogens with two attached hydrogens (primary N) is 1. The van der Waals surface area contributed by atoms with E-state index in [4.69, 9.17) is 5.73 Å². The summed E-state index contributed by atoms with van der Waals surface area (Å²) in [5.41, 5.74) is 7.85. The third-order valence-corrected chi connectivity index (χ3v) is 3.01. The Morgan fingerprint density at radius 3 is 2.68 bits per heavy atom. The zero-order chi connectivity index (χ0) is 13.8. The van der Waals surface area contributed by atoms with Gasteiger partial charge in [0, 0.05) is 25.2 Å². The predicted molar refractivity (Wildman–Crippen MR) is 76.9 cm³/mol. The number of nitrogen functional groups attached to an aromatic ring is 1. The summed E-state index contributed by atoms with van der Waals surface area (Å²) in [5, 5.41) is 0. The molecule has 0 spiro atoms. The average Bonchev–Trinajstić information content (AvgIpc) is 2.42. The molecule has 0 amide bonds. The molecule has 2 N–H and O–H groups in total. The largest absolute Gasteiger partial charge is 0.383 e. The first kappa shape index (κ1) is 13.3. The van der Waals surface area contributed by atoms with Gasteiger partial charge in [0.05, 0.1) is 12.2 Å². The van der Waals surface area contributed by atoms with E-state index in [0.29, 0.717) is 12.4 Å². The second kappa shape index (κ2) is 5.65. The van der Waals surface area contributed by atoms with Crippen molar-refractivity contribution in [2.75, 3.05) is 17.7 Å². The van der Waals surface area contributed by atoms with Gasteiger partial charge in [-0.25, -0.2) is 9.97 Å². The van der Waals surface area contributed by atoms with Crippen LogP contribution in [-0.2, 0) is 13.0 Å². The number of hydrogen-bond acceptors (Lipinski definition) is 5. The molecule has 2 aromatic rings. The van der Waals surface area contributed by atoms with Crippen molar-refractivity contribution >= 4 is 11.6 Å². The highest BCUT2D eigenvalue weighted by Crippen LogP contribution is 2.21. The minimum Gasteiger partial charge on any atom is -0.383 e. The summed E-state index contributed by atoms with van der Waals surface area (Å²) in [6.07, 6.45) is 2.57. The summed E-state index contributed by atoms with van der Waals surface area (Å²) in [5.74, 6) is 2.19. The lowest BCUT2D eigenvalue weighted by Gasteiger charge is -2.21. The lowest BCUT2D eigenvalue weighted by atomic mass is 10.2. The molecular formula is C14H19N5. The minimum absolute atomic E-state index is 0.551. The number of hydrogen-bond donors (Lipinski definition) is 1. The first-order valence-electron chi connectivity index (χ1n) is 6.35. The second-order valence-corrected chi connectivity index (χ2v) is 4.50. The van der Waals surface area contributed by atoms with Crippen LogP contribution in [-0.4, -0.2) is 22.0 Å². The molecule has 2 rings (SSSR count). The molecule has 0 unspecified atom stereocenters. The monoisotopic (exact) mass is 257 g/mol. The third-order valence-electron chi connectivity index (χ3n) is 3.01. The molecule has 0 fully saturated rings. The maximum Gasteiger partial charge on any atom is 0.137 e. The number of rotatable bonds is 4. The van der Waals surface area contributed by atoms with Crippen LogP contribution in [0, 0.1) is 6.92 Å².